The van der Waals surface area contributed by atoms with E-state index in [1.165, 1.54) is 11.1 Å². The van der Waals surface area contributed by atoms with E-state index in [9.17, 15) is 4.79 Å². The van der Waals surface area contributed by atoms with Crippen molar-refractivity contribution in [3.05, 3.63) is 47.8 Å². The standard InChI is InChI=1S/C21H28N4O2/c1-3-27-18-6-4-16(5-7-18)14-24-8-10-25(11-9-24)21(26)20-12-19(20)17-13-22-23(2)15-17/h4-7,13,15,19-20H,3,8-12,14H2,1-2H3. The number of rotatable bonds is 6. The van der Waals surface area contributed by atoms with Gasteiger partial charge in [0, 0.05) is 51.9 Å². The predicted molar refractivity (Wildman–Crippen MR) is 104 cm³/mol. The molecular weight excluding hydrogens is 340 g/mol. The molecule has 27 heavy (non-hydrogen) atoms. The molecule has 2 aromatic rings. The third-order valence-electron chi connectivity index (χ3n) is 5.59. The summed E-state index contributed by atoms with van der Waals surface area (Å²) >= 11 is 0. The van der Waals surface area contributed by atoms with Gasteiger partial charge in [0.25, 0.3) is 0 Å². The van der Waals surface area contributed by atoms with Crippen LogP contribution in [-0.2, 0) is 18.4 Å². The van der Waals surface area contributed by atoms with Crippen molar-refractivity contribution < 1.29 is 9.53 Å². The van der Waals surface area contributed by atoms with E-state index < -0.39 is 0 Å². The molecule has 1 aliphatic carbocycles. The second kappa shape index (κ2) is 7.72. The van der Waals surface area contributed by atoms with E-state index in [-0.39, 0.29) is 5.92 Å². The van der Waals surface area contributed by atoms with Crippen LogP contribution in [-0.4, -0.2) is 58.3 Å². The summed E-state index contributed by atoms with van der Waals surface area (Å²) in [6.07, 6.45) is 4.90. The van der Waals surface area contributed by atoms with E-state index in [0.29, 0.717) is 18.4 Å². The number of amides is 1. The summed E-state index contributed by atoms with van der Waals surface area (Å²) in [5, 5.41) is 4.23. The lowest BCUT2D eigenvalue weighted by molar-refractivity contribution is -0.134. The Morgan fingerprint density at radius 3 is 2.56 bits per heavy atom. The van der Waals surface area contributed by atoms with Crippen LogP contribution in [0.1, 0.15) is 30.4 Å². The van der Waals surface area contributed by atoms with Gasteiger partial charge in [0.1, 0.15) is 5.75 Å². The Morgan fingerprint density at radius 2 is 1.93 bits per heavy atom. The van der Waals surface area contributed by atoms with Gasteiger partial charge in [-0.1, -0.05) is 12.1 Å². The highest BCUT2D eigenvalue weighted by molar-refractivity contribution is 5.83. The highest BCUT2D eigenvalue weighted by Crippen LogP contribution is 2.48. The van der Waals surface area contributed by atoms with Crippen LogP contribution in [0.5, 0.6) is 5.75 Å². The number of carbonyl (C=O) groups excluding carboxylic acids is 1. The molecule has 2 heterocycles. The van der Waals surface area contributed by atoms with Crippen LogP contribution < -0.4 is 4.74 Å². The van der Waals surface area contributed by atoms with Crippen molar-refractivity contribution >= 4 is 5.91 Å². The van der Waals surface area contributed by atoms with Gasteiger partial charge in [-0.15, -0.1) is 0 Å². The van der Waals surface area contributed by atoms with E-state index in [4.69, 9.17) is 4.74 Å². The molecule has 2 fully saturated rings. The van der Waals surface area contributed by atoms with Crippen molar-refractivity contribution in [3.63, 3.8) is 0 Å². The zero-order valence-corrected chi connectivity index (χ0v) is 16.2. The first-order valence-electron chi connectivity index (χ1n) is 9.85. The predicted octanol–water partition coefficient (Wildman–Crippen LogP) is 2.27. The molecule has 0 N–H and O–H groups in total. The SMILES string of the molecule is CCOc1ccc(CN2CCN(C(=O)C3CC3c3cnn(C)c3)CC2)cc1. The molecule has 1 aromatic carbocycles. The minimum absolute atomic E-state index is 0.159. The smallest absolute Gasteiger partial charge is 0.226 e. The molecule has 4 rings (SSSR count). The number of aryl methyl sites for hydroxylation is 1. The zero-order valence-electron chi connectivity index (χ0n) is 16.2. The van der Waals surface area contributed by atoms with E-state index >= 15 is 0 Å². The van der Waals surface area contributed by atoms with Gasteiger partial charge >= 0.3 is 0 Å². The number of benzene rings is 1. The van der Waals surface area contributed by atoms with Crippen LogP contribution in [0.4, 0.5) is 0 Å². The second-order valence-corrected chi connectivity index (χ2v) is 7.57. The van der Waals surface area contributed by atoms with Gasteiger partial charge in [-0.2, -0.15) is 5.10 Å². The summed E-state index contributed by atoms with van der Waals surface area (Å²) in [5.41, 5.74) is 2.49. The maximum Gasteiger partial charge on any atom is 0.226 e. The summed E-state index contributed by atoms with van der Waals surface area (Å²) < 4.78 is 7.31. The molecule has 1 aliphatic heterocycles. The Morgan fingerprint density at radius 1 is 1.19 bits per heavy atom. The van der Waals surface area contributed by atoms with Crippen molar-refractivity contribution in [2.45, 2.75) is 25.8 Å². The van der Waals surface area contributed by atoms with Crippen molar-refractivity contribution in [2.75, 3.05) is 32.8 Å². The molecule has 2 unspecified atom stereocenters. The topological polar surface area (TPSA) is 50.6 Å². The molecular formula is C21H28N4O2. The molecule has 1 amide bonds. The molecule has 2 atom stereocenters. The Labute approximate surface area is 160 Å². The largest absolute Gasteiger partial charge is 0.494 e. The molecule has 1 aromatic heterocycles. The molecule has 0 radical (unpaired) electrons. The summed E-state index contributed by atoms with van der Waals surface area (Å²) in [6.45, 7) is 7.13. The fourth-order valence-corrected chi connectivity index (χ4v) is 3.94. The minimum Gasteiger partial charge on any atom is -0.494 e. The summed E-state index contributed by atoms with van der Waals surface area (Å²) in [7, 11) is 1.92. The molecule has 6 heteroatoms. The van der Waals surface area contributed by atoms with Crippen molar-refractivity contribution in [1.29, 1.82) is 0 Å². The quantitative estimate of drug-likeness (QED) is 0.785. The van der Waals surface area contributed by atoms with E-state index in [0.717, 1.165) is 44.9 Å². The molecule has 1 saturated carbocycles. The van der Waals surface area contributed by atoms with E-state index in [1.54, 1.807) is 0 Å². The first-order chi connectivity index (χ1) is 13.1. The van der Waals surface area contributed by atoms with E-state index in [1.807, 2.05) is 43.2 Å². The zero-order chi connectivity index (χ0) is 18.8. The molecule has 2 aliphatic rings. The molecule has 1 saturated heterocycles. The maximum atomic E-state index is 12.8. The van der Waals surface area contributed by atoms with Gasteiger partial charge in [0.2, 0.25) is 5.91 Å². The van der Waals surface area contributed by atoms with Crippen LogP contribution in [0.3, 0.4) is 0 Å². The van der Waals surface area contributed by atoms with Crippen molar-refractivity contribution in [2.24, 2.45) is 13.0 Å². The number of carbonyl (C=O) groups is 1. The lowest BCUT2D eigenvalue weighted by atomic mass is 10.1. The highest BCUT2D eigenvalue weighted by Gasteiger charge is 2.46. The first-order valence-corrected chi connectivity index (χ1v) is 9.85. The summed E-state index contributed by atoms with van der Waals surface area (Å²) in [6, 6.07) is 8.32. The van der Waals surface area contributed by atoms with Crippen LogP contribution in [0, 0.1) is 5.92 Å². The normalized spacial score (nSPS) is 22.7. The fourth-order valence-electron chi connectivity index (χ4n) is 3.94. The number of piperazine rings is 1. The third-order valence-corrected chi connectivity index (χ3v) is 5.59. The van der Waals surface area contributed by atoms with Crippen LogP contribution in [0.25, 0.3) is 0 Å². The molecule has 0 bridgehead atoms. The average molecular weight is 368 g/mol. The van der Waals surface area contributed by atoms with Crippen LogP contribution in [0.15, 0.2) is 36.7 Å². The number of hydrogen-bond acceptors (Lipinski definition) is 4. The number of aromatic nitrogens is 2. The van der Waals surface area contributed by atoms with E-state index in [2.05, 4.69) is 27.0 Å². The Hall–Kier alpha value is -2.34. The lowest BCUT2D eigenvalue weighted by Crippen LogP contribution is -2.48. The minimum atomic E-state index is 0.159. The van der Waals surface area contributed by atoms with Gasteiger partial charge in [-0.25, -0.2) is 0 Å². The Bertz CT molecular complexity index is 778. The molecule has 6 nitrogen and oxygen atoms in total. The highest BCUT2D eigenvalue weighted by atomic mass is 16.5. The monoisotopic (exact) mass is 368 g/mol. The second-order valence-electron chi connectivity index (χ2n) is 7.57. The fraction of sp³-hybridized carbons (Fsp3) is 0.524. The van der Waals surface area contributed by atoms with Gasteiger partial charge in [0.05, 0.1) is 12.8 Å². The van der Waals surface area contributed by atoms with Crippen molar-refractivity contribution in [1.82, 2.24) is 19.6 Å². The molecule has 144 valence electrons. The number of hydrogen-bond donors (Lipinski definition) is 0. The lowest BCUT2D eigenvalue weighted by Gasteiger charge is -2.35. The van der Waals surface area contributed by atoms with Crippen molar-refractivity contribution in [3.8, 4) is 5.75 Å². The van der Waals surface area contributed by atoms with Gasteiger partial charge in [-0.05, 0) is 42.5 Å². The Kier molecular flexibility index (Phi) is 5.16. The summed E-state index contributed by atoms with van der Waals surface area (Å²) in [4.78, 5) is 17.3. The van der Waals surface area contributed by atoms with Gasteiger partial charge in [0.15, 0.2) is 0 Å². The van der Waals surface area contributed by atoms with Gasteiger partial charge in [-0.3, -0.25) is 14.4 Å². The average Bonchev–Trinajstić information content (AvgIpc) is 3.37. The van der Waals surface area contributed by atoms with Crippen LogP contribution in [0.2, 0.25) is 0 Å². The van der Waals surface area contributed by atoms with Crippen LogP contribution >= 0.6 is 0 Å². The Balaban J connectivity index is 1.25. The number of nitrogens with zero attached hydrogens (tertiary/aromatic N) is 4. The first kappa shape index (κ1) is 18.0. The molecule has 0 spiro atoms. The third kappa shape index (κ3) is 4.16. The maximum absolute atomic E-state index is 12.8. The summed E-state index contributed by atoms with van der Waals surface area (Å²) in [5.74, 6) is 1.77. The van der Waals surface area contributed by atoms with Gasteiger partial charge < -0.3 is 9.64 Å². The number of ether oxygens (including phenoxy) is 1.